The average Bonchev–Trinajstić information content (AvgIpc) is 2.90. The fourth-order valence-corrected chi connectivity index (χ4v) is 4.86. The van der Waals surface area contributed by atoms with Gasteiger partial charge in [-0.1, -0.05) is 12.1 Å². The van der Waals surface area contributed by atoms with Gasteiger partial charge in [0.25, 0.3) is 0 Å². The molecule has 10 heteroatoms. The first-order valence-electron chi connectivity index (χ1n) is 13.0. The number of rotatable bonds is 7. The van der Waals surface area contributed by atoms with E-state index in [1.807, 2.05) is 12.1 Å². The Hall–Kier alpha value is -3.91. The topological polar surface area (TPSA) is 97.7 Å². The van der Waals surface area contributed by atoms with E-state index in [4.69, 9.17) is 14.2 Å². The molecule has 0 spiro atoms. The largest absolute Gasteiger partial charge is 0.497 e. The monoisotopic (exact) mass is 539 g/mol. The van der Waals surface area contributed by atoms with Crippen LogP contribution in [0.2, 0.25) is 0 Å². The number of ether oxygens (including phenoxy) is 3. The lowest BCUT2D eigenvalue weighted by Gasteiger charge is -2.38. The molecule has 208 valence electrons. The van der Waals surface area contributed by atoms with Gasteiger partial charge in [-0.05, 0) is 69.9 Å². The van der Waals surface area contributed by atoms with Crippen LogP contribution >= 0.6 is 0 Å². The maximum Gasteiger partial charge on any atom is 0.410 e. The van der Waals surface area contributed by atoms with Crippen LogP contribution in [0.3, 0.4) is 0 Å². The number of benzene rings is 2. The number of nitrogens with zero attached hydrogens (tertiary/aromatic N) is 3. The minimum Gasteiger partial charge on any atom is -0.497 e. The highest BCUT2D eigenvalue weighted by Crippen LogP contribution is 2.39. The molecule has 2 heterocycles. The minimum absolute atomic E-state index is 0.0505. The van der Waals surface area contributed by atoms with E-state index in [1.54, 1.807) is 57.1 Å². The van der Waals surface area contributed by atoms with Crippen LogP contribution in [0.1, 0.15) is 51.2 Å². The lowest BCUT2D eigenvalue weighted by atomic mass is 9.89. The van der Waals surface area contributed by atoms with Crippen LogP contribution in [0.4, 0.5) is 14.9 Å². The van der Waals surface area contributed by atoms with Gasteiger partial charge in [0.2, 0.25) is 12.0 Å². The zero-order valence-corrected chi connectivity index (χ0v) is 22.8. The predicted octanol–water partition coefficient (Wildman–Crippen LogP) is 4.80. The van der Waals surface area contributed by atoms with E-state index >= 15 is 4.39 Å². The first-order chi connectivity index (χ1) is 18.5. The second-order valence-electron chi connectivity index (χ2n) is 10.9. The Kier molecular flexibility index (Phi) is 8.25. The van der Waals surface area contributed by atoms with Crippen molar-refractivity contribution in [3.05, 3.63) is 53.3 Å². The van der Waals surface area contributed by atoms with Crippen LogP contribution in [-0.4, -0.2) is 60.9 Å². The smallest absolute Gasteiger partial charge is 0.410 e. The summed E-state index contributed by atoms with van der Waals surface area (Å²) in [6, 6.07) is 10.1. The molecule has 0 aliphatic carbocycles. The zero-order valence-electron chi connectivity index (χ0n) is 22.8. The van der Waals surface area contributed by atoms with Crippen LogP contribution in [0, 0.1) is 5.82 Å². The predicted molar refractivity (Wildman–Crippen MR) is 142 cm³/mol. The Bertz CT molecular complexity index is 1260. The summed E-state index contributed by atoms with van der Waals surface area (Å²) in [6.07, 6.45) is 2.55. The summed E-state index contributed by atoms with van der Waals surface area (Å²) in [4.78, 5) is 43.7. The fourth-order valence-electron chi connectivity index (χ4n) is 4.86. The van der Waals surface area contributed by atoms with Crippen LogP contribution in [0.25, 0.3) is 0 Å². The molecule has 0 aromatic heterocycles. The third kappa shape index (κ3) is 6.57. The van der Waals surface area contributed by atoms with E-state index in [2.05, 4.69) is 4.99 Å². The fraction of sp³-hybridized carbons (Fsp3) is 0.483. The van der Waals surface area contributed by atoms with Crippen molar-refractivity contribution in [1.82, 2.24) is 4.90 Å². The number of anilines is 1. The van der Waals surface area contributed by atoms with Crippen LogP contribution in [0.15, 0.2) is 41.4 Å². The van der Waals surface area contributed by atoms with Crippen molar-refractivity contribution in [3.8, 4) is 11.5 Å². The summed E-state index contributed by atoms with van der Waals surface area (Å²) in [5.74, 6) is 0.444. The molecule has 1 fully saturated rings. The van der Waals surface area contributed by atoms with Gasteiger partial charge in [0.1, 0.15) is 35.1 Å². The molecule has 0 radical (unpaired) electrons. The van der Waals surface area contributed by atoms with Gasteiger partial charge in [0.05, 0.1) is 19.3 Å². The second-order valence-corrected chi connectivity index (χ2v) is 10.9. The molecule has 2 aromatic carbocycles. The van der Waals surface area contributed by atoms with Crippen molar-refractivity contribution < 1.29 is 33.0 Å². The molecule has 1 saturated heterocycles. The second kappa shape index (κ2) is 11.5. The van der Waals surface area contributed by atoms with E-state index in [0.717, 1.165) is 5.56 Å². The molecule has 0 N–H and O–H groups in total. The number of carbonyl (C=O) groups excluding carboxylic acids is 3. The van der Waals surface area contributed by atoms with Crippen molar-refractivity contribution in [1.29, 1.82) is 0 Å². The number of hydrogen-bond donors (Lipinski definition) is 0. The highest BCUT2D eigenvalue weighted by atomic mass is 19.1. The number of carbonyl (C=O) groups is 2. The maximum absolute atomic E-state index is 15.1. The quantitative estimate of drug-likeness (QED) is 0.371. The van der Waals surface area contributed by atoms with Crippen LogP contribution < -0.4 is 14.4 Å². The molecular weight excluding hydrogens is 505 g/mol. The third-order valence-electron chi connectivity index (χ3n) is 6.98. The van der Waals surface area contributed by atoms with Gasteiger partial charge in [-0.2, -0.15) is 4.99 Å². The van der Waals surface area contributed by atoms with E-state index in [1.165, 1.54) is 11.0 Å². The molecule has 2 aliphatic heterocycles. The molecule has 9 nitrogen and oxygen atoms in total. The Morgan fingerprint density at radius 1 is 1.10 bits per heavy atom. The van der Waals surface area contributed by atoms with E-state index in [9.17, 15) is 14.4 Å². The van der Waals surface area contributed by atoms with Gasteiger partial charge in [0, 0.05) is 25.1 Å². The van der Waals surface area contributed by atoms with Crippen molar-refractivity contribution >= 4 is 23.8 Å². The summed E-state index contributed by atoms with van der Waals surface area (Å²) in [6.45, 7) is 6.35. The number of halogens is 1. The molecule has 0 bridgehead atoms. The van der Waals surface area contributed by atoms with Gasteiger partial charge in [0.15, 0.2) is 0 Å². The lowest BCUT2D eigenvalue weighted by Crippen LogP contribution is -2.49. The molecule has 39 heavy (non-hydrogen) atoms. The SMILES string of the molecule is COc1ccc(CN2C(=O)CCc3c(OCC4(N=C=O)CCN(C(=O)OC(C)(C)C)CC4)ccc(F)c32)cc1. The number of isocyanates is 1. The summed E-state index contributed by atoms with van der Waals surface area (Å²) in [5, 5.41) is 0. The van der Waals surface area contributed by atoms with Crippen molar-refractivity contribution in [2.75, 3.05) is 31.7 Å². The number of aliphatic imine (C=N–C) groups is 1. The molecule has 4 rings (SSSR count). The van der Waals surface area contributed by atoms with Crippen molar-refractivity contribution in [2.45, 2.75) is 64.1 Å². The number of likely N-dealkylation sites (tertiary alicyclic amines) is 1. The maximum atomic E-state index is 15.1. The number of amides is 2. The third-order valence-corrected chi connectivity index (χ3v) is 6.98. The molecule has 2 aliphatic rings. The molecule has 0 saturated carbocycles. The molecular formula is C29H34FN3O6. The number of methoxy groups -OCH3 is 1. The molecule has 0 unspecified atom stereocenters. The summed E-state index contributed by atoms with van der Waals surface area (Å²) in [7, 11) is 1.57. The van der Waals surface area contributed by atoms with E-state index in [0.29, 0.717) is 49.4 Å². The molecule has 2 aromatic rings. The Morgan fingerprint density at radius 2 is 1.79 bits per heavy atom. The first kappa shape index (κ1) is 28.1. The van der Waals surface area contributed by atoms with Gasteiger partial charge in [-0.3, -0.25) is 4.79 Å². The van der Waals surface area contributed by atoms with Gasteiger partial charge in [-0.25, -0.2) is 14.0 Å². The molecule has 0 atom stereocenters. The number of piperidine rings is 1. The minimum atomic E-state index is -0.880. The Labute approximate surface area is 227 Å². The van der Waals surface area contributed by atoms with Crippen molar-refractivity contribution in [2.24, 2.45) is 4.99 Å². The van der Waals surface area contributed by atoms with Crippen molar-refractivity contribution in [3.63, 3.8) is 0 Å². The highest BCUT2D eigenvalue weighted by molar-refractivity contribution is 5.97. The highest BCUT2D eigenvalue weighted by Gasteiger charge is 2.39. The molecule has 2 amide bonds. The van der Waals surface area contributed by atoms with Crippen LogP contribution in [-0.2, 0) is 27.3 Å². The normalized spacial score (nSPS) is 16.7. The van der Waals surface area contributed by atoms with Gasteiger partial charge >= 0.3 is 6.09 Å². The Balaban J connectivity index is 1.51. The lowest BCUT2D eigenvalue weighted by molar-refractivity contribution is -0.119. The standard InChI is InChI=1S/C29H34FN3O6/c1-28(2,3)39-27(36)32-15-13-29(14-16-32,31-19-34)18-38-24-11-10-23(30)26-22(24)9-12-25(35)33(26)17-20-5-7-21(37-4)8-6-20/h5-8,10-11H,9,12-18H2,1-4H3. The van der Waals surface area contributed by atoms with E-state index in [-0.39, 0.29) is 31.2 Å². The summed E-state index contributed by atoms with van der Waals surface area (Å²) >= 11 is 0. The Morgan fingerprint density at radius 3 is 2.41 bits per heavy atom. The average molecular weight is 540 g/mol. The summed E-state index contributed by atoms with van der Waals surface area (Å²) < 4.78 is 32.0. The van der Waals surface area contributed by atoms with Gasteiger partial charge < -0.3 is 24.0 Å². The first-order valence-corrected chi connectivity index (χ1v) is 13.0. The number of fused-ring (bicyclic) bond motifs is 1. The van der Waals surface area contributed by atoms with Crippen LogP contribution in [0.5, 0.6) is 11.5 Å². The summed E-state index contributed by atoms with van der Waals surface area (Å²) in [5.41, 5.74) is 0.139. The van der Waals surface area contributed by atoms with Gasteiger partial charge in [-0.15, -0.1) is 0 Å². The number of hydrogen-bond acceptors (Lipinski definition) is 7. The van der Waals surface area contributed by atoms with E-state index < -0.39 is 23.1 Å². The zero-order chi connectivity index (χ0) is 28.2.